The molecule has 0 spiro atoms. The second-order valence-corrected chi connectivity index (χ2v) is 3.28. The van der Waals surface area contributed by atoms with Crippen molar-refractivity contribution in [3.05, 3.63) is 35.9 Å². The molecule has 2 N–H and O–H groups in total. The molecule has 0 atom stereocenters. The third-order valence-electron chi connectivity index (χ3n) is 2.18. The molecule has 80 valence electrons. The first-order valence-corrected chi connectivity index (χ1v) is 4.71. The highest BCUT2D eigenvalue weighted by molar-refractivity contribution is 5.93. The maximum atomic E-state index is 11.4. The summed E-state index contributed by atoms with van der Waals surface area (Å²) in [5, 5.41) is 0. The van der Waals surface area contributed by atoms with Crippen molar-refractivity contribution in [3.63, 3.8) is 0 Å². The van der Waals surface area contributed by atoms with Crippen molar-refractivity contribution in [2.45, 2.75) is 12.8 Å². The van der Waals surface area contributed by atoms with Gasteiger partial charge in [-0.25, -0.2) is 4.79 Å². The molecule has 0 saturated heterocycles. The van der Waals surface area contributed by atoms with Gasteiger partial charge in [0.1, 0.15) is 0 Å². The molecule has 0 heterocycles. The smallest absolute Gasteiger partial charge is 0.321 e. The van der Waals surface area contributed by atoms with E-state index in [4.69, 9.17) is 5.73 Å². The van der Waals surface area contributed by atoms with Gasteiger partial charge >= 0.3 is 6.03 Å². The van der Waals surface area contributed by atoms with Gasteiger partial charge in [0.05, 0.1) is 0 Å². The van der Waals surface area contributed by atoms with E-state index in [1.54, 1.807) is 0 Å². The van der Waals surface area contributed by atoms with E-state index in [2.05, 4.69) is 0 Å². The molecule has 1 aromatic rings. The molecule has 1 aromatic carbocycles. The first-order valence-electron chi connectivity index (χ1n) is 4.71. The number of hydrogen-bond acceptors (Lipinski definition) is 2. The molecule has 0 aliphatic carbocycles. The SMILES string of the molecule is CN(C(N)=O)C(=O)CCc1ccccc1. The molecule has 0 saturated carbocycles. The van der Waals surface area contributed by atoms with Gasteiger partial charge in [-0.2, -0.15) is 0 Å². The zero-order valence-corrected chi connectivity index (χ0v) is 8.64. The predicted molar refractivity (Wildman–Crippen MR) is 57.1 cm³/mol. The number of nitrogens with zero attached hydrogens (tertiary/aromatic N) is 1. The molecule has 3 amide bonds. The number of urea groups is 1. The third-order valence-corrected chi connectivity index (χ3v) is 2.18. The number of rotatable bonds is 3. The van der Waals surface area contributed by atoms with E-state index in [0.29, 0.717) is 12.8 Å². The summed E-state index contributed by atoms with van der Waals surface area (Å²) in [5.74, 6) is -0.258. The van der Waals surface area contributed by atoms with Gasteiger partial charge < -0.3 is 5.73 Å². The minimum atomic E-state index is -0.715. The maximum Gasteiger partial charge on any atom is 0.321 e. The molecule has 0 aliphatic rings. The Morgan fingerprint density at radius 3 is 2.40 bits per heavy atom. The Hall–Kier alpha value is -1.84. The normalized spacial score (nSPS) is 9.67. The zero-order chi connectivity index (χ0) is 11.3. The summed E-state index contributed by atoms with van der Waals surface area (Å²) in [6.07, 6.45) is 0.917. The molecule has 1 rings (SSSR count). The summed E-state index contributed by atoms with van der Waals surface area (Å²) >= 11 is 0. The Balaban J connectivity index is 2.44. The van der Waals surface area contributed by atoms with Crippen molar-refractivity contribution in [2.75, 3.05) is 7.05 Å². The fourth-order valence-electron chi connectivity index (χ4n) is 1.19. The summed E-state index contributed by atoms with van der Waals surface area (Å²) in [6, 6.07) is 8.92. The second-order valence-electron chi connectivity index (χ2n) is 3.28. The summed E-state index contributed by atoms with van der Waals surface area (Å²) < 4.78 is 0. The average Bonchev–Trinajstić information content (AvgIpc) is 2.26. The van der Waals surface area contributed by atoms with E-state index in [1.165, 1.54) is 7.05 Å². The van der Waals surface area contributed by atoms with Crippen LogP contribution in [-0.4, -0.2) is 23.9 Å². The molecule has 0 fully saturated rings. The summed E-state index contributed by atoms with van der Waals surface area (Å²) in [7, 11) is 1.38. The molecule has 0 unspecified atom stereocenters. The molecule has 4 heteroatoms. The Labute approximate surface area is 88.7 Å². The maximum absolute atomic E-state index is 11.4. The molecule has 0 aliphatic heterocycles. The molecular weight excluding hydrogens is 192 g/mol. The van der Waals surface area contributed by atoms with Crippen LogP contribution in [0.3, 0.4) is 0 Å². The lowest BCUT2D eigenvalue weighted by Gasteiger charge is -2.11. The number of carbonyl (C=O) groups excluding carboxylic acids is 2. The molecule has 0 aromatic heterocycles. The number of benzene rings is 1. The van der Waals surface area contributed by atoms with Crippen LogP contribution in [0.2, 0.25) is 0 Å². The Morgan fingerprint density at radius 2 is 1.87 bits per heavy atom. The largest absolute Gasteiger partial charge is 0.351 e. The number of carbonyl (C=O) groups is 2. The zero-order valence-electron chi connectivity index (χ0n) is 8.64. The number of primary amides is 1. The third kappa shape index (κ3) is 3.42. The molecule has 0 radical (unpaired) electrons. The van der Waals surface area contributed by atoms with E-state index in [0.717, 1.165) is 10.5 Å². The topological polar surface area (TPSA) is 63.4 Å². The van der Waals surface area contributed by atoms with Crippen molar-refractivity contribution >= 4 is 11.9 Å². The van der Waals surface area contributed by atoms with E-state index in [9.17, 15) is 9.59 Å². The van der Waals surface area contributed by atoms with Crippen LogP contribution in [0, 0.1) is 0 Å². The highest BCUT2D eigenvalue weighted by Crippen LogP contribution is 2.03. The number of hydrogen-bond donors (Lipinski definition) is 1. The van der Waals surface area contributed by atoms with Gasteiger partial charge in [0.15, 0.2) is 0 Å². The number of amides is 3. The van der Waals surface area contributed by atoms with Gasteiger partial charge in [0.2, 0.25) is 5.91 Å². The first kappa shape index (κ1) is 11.2. The van der Waals surface area contributed by atoms with Crippen LogP contribution in [0.1, 0.15) is 12.0 Å². The molecule has 15 heavy (non-hydrogen) atoms. The second kappa shape index (κ2) is 5.14. The van der Waals surface area contributed by atoms with Crippen LogP contribution in [0.25, 0.3) is 0 Å². The predicted octanol–water partition coefficient (Wildman–Crippen LogP) is 1.16. The number of aryl methyl sites for hydroxylation is 1. The molecular formula is C11H14N2O2. The van der Waals surface area contributed by atoms with Crippen LogP contribution in [0.15, 0.2) is 30.3 Å². The fraction of sp³-hybridized carbons (Fsp3) is 0.273. The summed E-state index contributed by atoms with van der Waals surface area (Å²) in [4.78, 5) is 23.0. The van der Waals surface area contributed by atoms with Gasteiger partial charge in [-0.15, -0.1) is 0 Å². The van der Waals surface area contributed by atoms with Gasteiger partial charge in [0, 0.05) is 13.5 Å². The Bertz CT molecular complexity index is 349. The van der Waals surface area contributed by atoms with Crippen molar-refractivity contribution in [1.82, 2.24) is 4.90 Å². The van der Waals surface area contributed by atoms with Crippen LogP contribution >= 0.6 is 0 Å². The Kier molecular flexibility index (Phi) is 3.85. The van der Waals surface area contributed by atoms with Gasteiger partial charge in [-0.3, -0.25) is 9.69 Å². The van der Waals surface area contributed by atoms with Crippen molar-refractivity contribution < 1.29 is 9.59 Å². The fourth-order valence-corrected chi connectivity index (χ4v) is 1.19. The lowest BCUT2D eigenvalue weighted by molar-refractivity contribution is -0.127. The minimum Gasteiger partial charge on any atom is -0.351 e. The first-order chi connectivity index (χ1) is 7.11. The van der Waals surface area contributed by atoms with Gasteiger partial charge in [0.25, 0.3) is 0 Å². The van der Waals surface area contributed by atoms with Gasteiger partial charge in [-0.05, 0) is 12.0 Å². The number of imide groups is 1. The van der Waals surface area contributed by atoms with Crippen molar-refractivity contribution in [2.24, 2.45) is 5.73 Å². The minimum absolute atomic E-state index is 0.258. The summed E-state index contributed by atoms with van der Waals surface area (Å²) in [6.45, 7) is 0. The van der Waals surface area contributed by atoms with Crippen molar-refractivity contribution in [1.29, 1.82) is 0 Å². The standard InChI is InChI=1S/C11H14N2O2/c1-13(11(12)15)10(14)8-7-9-5-3-2-4-6-9/h2-6H,7-8H2,1H3,(H2,12,15). The van der Waals surface area contributed by atoms with Crippen molar-refractivity contribution in [3.8, 4) is 0 Å². The van der Waals surface area contributed by atoms with Crippen LogP contribution < -0.4 is 5.73 Å². The van der Waals surface area contributed by atoms with Crippen LogP contribution in [0.5, 0.6) is 0 Å². The van der Waals surface area contributed by atoms with E-state index < -0.39 is 6.03 Å². The quantitative estimate of drug-likeness (QED) is 0.806. The Morgan fingerprint density at radius 1 is 1.27 bits per heavy atom. The lowest BCUT2D eigenvalue weighted by atomic mass is 10.1. The highest BCUT2D eigenvalue weighted by atomic mass is 16.2. The summed E-state index contributed by atoms with van der Waals surface area (Å²) in [5.41, 5.74) is 6.04. The van der Waals surface area contributed by atoms with Crippen LogP contribution in [0.4, 0.5) is 4.79 Å². The van der Waals surface area contributed by atoms with Crippen LogP contribution in [-0.2, 0) is 11.2 Å². The molecule has 0 bridgehead atoms. The highest BCUT2D eigenvalue weighted by Gasteiger charge is 2.12. The van der Waals surface area contributed by atoms with E-state index in [-0.39, 0.29) is 5.91 Å². The van der Waals surface area contributed by atoms with E-state index >= 15 is 0 Å². The lowest BCUT2D eigenvalue weighted by Crippen LogP contribution is -2.37. The average molecular weight is 206 g/mol. The number of nitrogens with two attached hydrogens (primary N) is 1. The monoisotopic (exact) mass is 206 g/mol. The molecule has 4 nitrogen and oxygen atoms in total. The van der Waals surface area contributed by atoms with E-state index in [1.807, 2.05) is 30.3 Å². The van der Waals surface area contributed by atoms with Gasteiger partial charge in [-0.1, -0.05) is 30.3 Å².